The normalized spacial score (nSPS) is 19.1. The Morgan fingerprint density at radius 3 is 1.88 bits per heavy atom. The Morgan fingerprint density at radius 1 is 1.00 bits per heavy atom. The summed E-state index contributed by atoms with van der Waals surface area (Å²) in [6, 6.07) is 0. The average Bonchev–Trinajstić information content (AvgIpc) is 2.25. The summed E-state index contributed by atoms with van der Waals surface area (Å²) < 4.78 is 0. The maximum atomic E-state index is 12.2. The van der Waals surface area contributed by atoms with Gasteiger partial charge in [0.2, 0.25) is 0 Å². The summed E-state index contributed by atoms with van der Waals surface area (Å²) in [6.07, 6.45) is 5.23. The maximum Gasteiger partial charge on any atom is 0.140 e. The fraction of sp³-hybridized carbons (Fsp3) is 0.786. The van der Waals surface area contributed by atoms with Crippen molar-refractivity contribution in [2.24, 2.45) is 11.3 Å². The van der Waals surface area contributed by atoms with Crippen molar-refractivity contribution >= 4 is 17.3 Å². The molecule has 1 fully saturated rings. The molecule has 1 saturated carbocycles. The Kier molecular flexibility index (Phi) is 4.61. The Morgan fingerprint density at radius 2 is 1.47 bits per heavy atom. The summed E-state index contributed by atoms with van der Waals surface area (Å²) in [5.74, 6) is -1.01. The summed E-state index contributed by atoms with van der Waals surface area (Å²) in [4.78, 5) is 34.9. The first-order valence-electron chi connectivity index (χ1n) is 6.41. The van der Waals surface area contributed by atoms with Crippen LogP contribution in [0.5, 0.6) is 0 Å². The lowest BCUT2D eigenvalue weighted by molar-refractivity contribution is -0.138. The van der Waals surface area contributed by atoms with Gasteiger partial charge in [0, 0.05) is 11.8 Å². The van der Waals surface area contributed by atoms with Gasteiger partial charge in [-0.1, -0.05) is 26.2 Å². The second-order valence-electron chi connectivity index (χ2n) is 5.52. The lowest BCUT2D eigenvalue weighted by Crippen LogP contribution is -2.34. The Hall–Kier alpha value is -0.990. The third-order valence-corrected chi connectivity index (χ3v) is 4.00. The van der Waals surface area contributed by atoms with E-state index in [0.717, 1.165) is 25.7 Å². The molecule has 17 heavy (non-hydrogen) atoms. The molecular formula is C14H22O3. The zero-order valence-corrected chi connectivity index (χ0v) is 11.0. The van der Waals surface area contributed by atoms with Gasteiger partial charge in [0.05, 0.1) is 5.92 Å². The summed E-state index contributed by atoms with van der Waals surface area (Å²) in [5.41, 5.74) is -0.304. The lowest BCUT2D eigenvalue weighted by atomic mass is 9.70. The smallest absolute Gasteiger partial charge is 0.140 e. The molecule has 0 amide bonds. The molecule has 0 unspecified atom stereocenters. The Labute approximate surface area is 103 Å². The molecule has 3 heteroatoms. The third-order valence-electron chi connectivity index (χ3n) is 4.00. The molecule has 0 N–H and O–H groups in total. The molecule has 0 aliphatic heterocycles. The molecule has 0 saturated heterocycles. The van der Waals surface area contributed by atoms with Gasteiger partial charge in [-0.05, 0) is 26.7 Å². The van der Waals surface area contributed by atoms with Crippen LogP contribution in [0.3, 0.4) is 0 Å². The van der Waals surface area contributed by atoms with Crippen LogP contribution in [0.2, 0.25) is 0 Å². The molecule has 96 valence electrons. The van der Waals surface area contributed by atoms with E-state index in [9.17, 15) is 14.4 Å². The standard InChI is InChI=1S/C14H22O3/c1-10(15)12(11(2)16)9-13(17)14(3)7-5-4-6-8-14/h12H,4-9H2,1-3H3. The van der Waals surface area contributed by atoms with Crippen LogP contribution in [0, 0.1) is 11.3 Å². The van der Waals surface area contributed by atoms with Crippen LogP contribution >= 0.6 is 0 Å². The van der Waals surface area contributed by atoms with E-state index in [1.54, 1.807) is 0 Å². The van der Waals surface area contributed by atoms with Crippen LogP contribution in [-0.4, -0.2) is 17.3 Å². The molecule has 0 aromatic heterocycles. The van der Waals surface area contributed by atoms with E-state index in [1.807, 2.05) is 6.92 Å². The third kappa shape index (κ3) is 3.48. The number of hydrogen-bond acceptors (Lipinski definition) is 3. The predicted octanol–water partition coefficient (Wildman–Crippen LogP) is 2.71. The SMILES string of the molecule is CC(=O)C(CC(=O)C1(C)CCCCC1)C(C)=O. The number of ketones is 3. The Balaban J connectivity index is 2.69. The van der Waals surface area contributed by atoms with Gasteiger partial charge in [0.15, 0.2) is 0 Å². The van der Waals surface area contributed by atoms with Crippen LogP contribution in [0.15, 0.2) is 0 Å². The van der Waals surface area contributed by atoms with Gasteiger partial charge in [0.1, 0.15) is 17.3 Å². The summed E-state index contributed by atoms with van der Waals surface area (Å²) in [7, 11) is 0. The highest BCUT2D eigenvalue weighted by molar-refractivity contribution is 6.04. The second kappa shape index (κ2) is 5.56. The van der Waals surface area contributed by atoms with E-state index in [4.69, 9.17) is 0 Å². The minimum absolute atomic E-state index is 0.0904. The molecule has 1 aliphatic rings. The van der Waals surface area contributed by atoms with E-state index < -0.39 is 5.92 Å². The van der Waals surface area contributed by atoms with Gasteiger partial charge in [-0.15, -0.1) is 0 Å². The van der Waals surface area contributed by atoms with Crippen molar-refractivity contribution in [1.29, 1.82) is 0 Å². The maximum absolute atomic E-state index is 12.2. The first-order chi connectivity index (χ1) is 7.87. The van der Waals surface area contributed by atoms with Gasteiger partial charge in [-0.2, -0.15) is 0 Å². The molecule has 3 nitrogen and oxygen atoms in total. The summed E-state index contributed by atoms with van der Waals surface area (Å²) >= 11 is 0. The first-order valence-corrected chi connectivity index (χ1v) is 6.41. The molecule has 0 aromatic carbocycles. The van der Waals surface area contributed by atoms with Gasteiger partial charge >= 0.3 is 0 Å². The molecular weight excluding hydrogens is 216 g/mol. The highest BCUT2D eigenvalue weighted by Gasteiger charge is 2.36. The van der Waals surface area contributed by atoms with E-state index in [1.165, 1.54) is 20.3 Å². The lowest BCUT2D eigenvalue weighted by Gasteiger charge is -2.32. The number of carbonyl (C=O) groups excluding carboxylic acids is 3. The van der Waals surface area contributed by atoms with Crippen molar-refractivity contribution in [2.45, 2.75) is 59.3 Å². The van der Waals surface area contributed by atoms with Crippen LogP contribution < -0.4 is 0 Å². The van der Waals surface area contributed by atoms with E-state index in [0.29, 0.717) is 0 Å². The van der Waals surface area contributed by atoms with Crippen LogP contribution in [0.4, 0.5) is 0 Å². The van der Waals surface area contributed by atoms with Crippen molar-refractivity contribution in [3.05, 3.63) is 0 Å². The van der Waals surface area contributed by atoms with E-state index in [2.05, 4.69) is 0 Å². The van der Waals surface area contributed by atoms with Crippen molar-refractivity contribution in [1.82, 2.24) is 0 Å². The van der Waals surface area contributed by atoms with E-state index in [-0.39, 0.29) is 29.2 Å². The van der Waals surface area contributed by atoms with Crippen molar-refractivity contribution in [3.8, 4) is 0 Å². The van der Waals surface area contributed by atoms with Crippen LogP contribution in [0.1, 0.15) is 59.3 Å². The van der Waals surface area contributed by atoms with Gasteiger partial charge < -0.3 is 0 Å². The number of hydrogen-bond donors (Lipinski definition) is 0. The topological polar surface area (TPSA) is 51.2 Å². The predicted molar refractivity (Wildman–Crippen MR) is 65.7 cm³/mol. The van der Waals surface area contributed by atoms with Crippen molar-refractivity contribution < 1.29 is 14.4 Å². The summed E-state index contributed by atoms with van der Waals surface area (Å²) in [5, 5.41) is 0. The Bertz CT molecular complexity index is 310. The molecule has 1 aliphatic carbocycles. The monoisotopic (exact) mass is 238 g/mol. The molecule has 1 rings (SSSR count). The molecule has 0 aromatic rings. The van der Waals surface area contributed by atoms with Crippen LogP contribution in [0.25, 0.3) is 0 Å². The largest absolute Gasteiger partial charge is 0.299 e. The molecule has 0 radical (unpaired) electrons. The molecule has 0 atom stereocenters. The van der Waals surface area contributed by atoms with Gasteiger partial charge in [-0.25, -0.2) is 0 Å². The molecule has 0 heterocycles. The first kappa shape index (κ1) is 14.1. The zero-order chi connectivity index (χ0) is 13.1. The second-order valence-corrected chi connectivity index (χ2v) is 5.52. The molecule has 0 bridgehead atoms. The zero-order valence-electron chi connectivity index (χ0n) is 11.0. The van der Waals surface area contributed by atoms with Crippen molar-refractivity contribution in [2.75, 3.05) is 0 Å². The molecule has 0 spiro atoms. The number of carbonyl (C=O) groups is 3. The minimum atomic E-state index is -0.721. The quantitative estimate of drug-likeness (QED) is 0.692. The number of Topliss-reactive ketones (excluding diaryl/α,β-unsaturated/α-hetero) is 3. The fourth-order valence-electron chi connectivity index (χ4n) is 2.62. The van der Waals surface area contributed by atoms with Gasteiger partial charge in [0.25, 0.3) is 0 Å². The highest BCUT2D eigenvalue weighted by Crippen LogP contribution is 2.38. The fourth-order valence-corrected chi connectivity index (χ4v) is 2.62. The van der Waals surface area contributed by atoms with Crippen molar-refractivity contribution in [3.63, 3.8) is 0 Å². The minimum Gasteiger partial charge on any atom is -0.299 e. The highest BCUT2D eigenvalue weighted by atomic mass is 16.2. The number of rotatable bonds is 5. The van der Waals surface area contributed by atoms with Crippen LogP contribution in [-0.2, 0) is 14.4 Å². The summed E-state index contributed by atoms with van der Waals surface area (Å²) in [6.45, 7) is 4.76. The van der Waals surface area contributed by atoms with E-state index >= 15 is 0 Å². The average molecular weight is 238 g/mol. The van der Waals surface area contributed by atoms with Gasteiger partial charge in [-0.3, -0.25) is 14.4 Å².